The summed E-state index contributed by atoms with van der Waals surface area (Å²) in [6.45, 7) is 0.766. The average Bonchev–Trinajstić information content (AvgIpc) is 3.73. The molecule has 10 heteroatoms. The maximum absolute atomic E-state index is 13.4. The van der Waals surface area contributed by atoms with Crippen molar-refractivity contribution in [1.29, 1.82) is 0 Å². The second kappa shape index (κ2) is 7.78. The summed E-state index contributed by atoms with van der Waals surface area (Å²) in [5.41, 5.74) is 3.73. The van der Waals surface area contributed by atoms with Gasteiger partial charge in [-0.25, -0.2) is 8.42 Å². The van der Waals surface area contributed by atoms with Crippen LogP contribution in [0.2, 0.25) is 0 Å². The number of fused-ring (bicyclic) bond motifs is 1. The number of aryl methyl sites for hydroxylation is 1. The number of nitrogens with zero attached hydrogens (tertiary/aromatic N) is 4. The molecule has 2 aromatic heterocycles. The Morgan fingerprint density at radius 3 is 2.62 bits per heavy atom. The number of sulfone groups is 1. The molecular formula is C24H25BrN4O4S. The molecule has 178 valence electrons. The predicted octanol–water partition coefficient (Wildman–Crippen LogP) is 3.54. The van der Waals surface area contributed by atoms with E-state index in [0.29, 0.717) is 49.3 Å². The smallest absolute Gasteiger partial charge is 0.272 e. The molecule has 1 amide bonds. The molecule has 0 saturated heterocycles. The molecule has 2 saturated carbocycles. The Balaban J connectivity index is 1.23. The van der Waals surface area contributed by atoms with Crippen LogP contribution >= 0.6 is 15.9 Å². The lowest BCUT2D eigenvalue weighted by Gasteiger charge is -2.31. The number of carbonyl (C=O) groups is 1. The van der Waals surface area contributed by atoms with Crippen molar-refractivity contribution in [1.82, 2.24) is 19.8 Å². The maximum Gasteiger partial charge on any atom is 0.272 e. The standard InChI is InChI=1S/C24H25BrN4O4S/c1-28-22-19(8-11-29(23(22)30)14-24(9-10-24)34(31,32)18-6-7-18)21(26-28)20-13-17(33-27-20)12-15-2-4-16(25)5-3-15/h2-5,13,18H,6-12,14H2,1H3. The van der Waals surface area contributed by atoms with E-state index < -0.39 is 14.6 Å². The Hall–Kier alpha value is -2.46. The Morgan fingerprint density at radius 2 is 1.94 bits per heavy atom. The third-order valence-electron chi connectivity index (χ3n) is 7.21. The highest BCUT2D eigenvalue weighted by Gasteiger charge is 2.60. The fraction of sp³-hybridized carbons (Fsp3) is 0.458. The van der Waals surface area contributed by atoms with E-state index in [9.17, 15) is 13.2 Å². The Morgan fingerprint density at radius 1 is 1.21 bits per heavy atom. The van der Waals surface area contributed by atoms with Crippen LogP contribution in [0.5, 0.6) is 0 Å². The normalized spacial score (nSPS) is 19.4. The molecule has 3 aromatic rings. The van der Waals surface area contributed by atoms with Crippen LogP contribution in [0.4, 0.5) is 0 Å². The number of hydrogen-bond acceptors (Lipinski definition) is 6. The topological polar surface area (TPSA) is 98.3 Å². The molecule has 0 unspecified atom stereocenters. The van der Waals surface area contributed by atoms with Gasteiger partial charge in [0.05, 0.1) is 10.00 Å². The first-order chi connectivity index (χ1) is 16.3. The van der Waals surface area contributed by atoms with Gasteiger partial charge in [-0.05, 0) is 49.8 Å². The second-order valence-electron chi connectivity index (χ2n) is 9.69. The average molecular weight is 545 g/mol. The Kier molecular flexibility index (Phi) is 5.04. The van der Waals surface area contributed by atoms with Crippen molar-refractivity contribution < 1.29 is 17.7 Å². The van der Waals surface area contributed by atoms with Gasteiger partial charge in [0, 0.05) is 42.7 Å². The molecule has 1 aromatic carbocycles. The minimum atomic E-state index is -3.17. The summed E-state index contributed by atoms with van der Waals surface area (Å²) < 4.78 is 33.3. The van der Waals surface area contributed by atoms with Gasteiger partial charge in [0.25, 0.3) is 5.91 Å². The fourth-order valence-electron chi connectivity index (χ4n) is 4.99. The first kappa shape index (κ1) is 22.0. The van der Waals surface area contributed by atoms with Crippen LogP contribution in [-0.4, -0.2) is 57.2 Å². The first-order valence-corrected chi connectivity index (χ1v) is 13.9. The first-order valence-electron chi connectivity index (χ1n) is 11.6. The molecule has 0 radical (unpaired) electrons. The van der Waals surface area contributed by atoms with E-state index in [1.165, 1.54) is 0 Å². The van der Waals surface area contributed by atoms with E-state index in [1.54, 1.807) is 16.6 Å². The summed E-state index contributed by atoms with van der Waals surface area (Å²) in [4.78, 5) is 15.1. The highest BCUT2D eigenvalue weighted by atomic mass is 79.9. The summed E-state index contributed by atoms with van der Waals surface area (Å²) >= 11 is 3.44. The van der Waals surface area contributed by atoms with E-state index in [1.807, 2.05) is 30.3 Å². The molecule has 6 rings (SSSR count). The van der Waals surface area contributed by atoms with Crippen LogP contribution in [-0.2, 0) is 29.7 Å². The fourth-order valence-corrected chi connectivity index (χ4v) is 7.72. The Bertz CT molecular complexity index is 1380. The highest BCUT2D eigenvalue weighted by molar-refractivity contribution is 9.10. The third kappa shape index (κ3) is 3.62. The van der Waals surface area contributed by atoms with Crippen LogP contribution in [0, 0.1) is 0 Å². The molecule has 0 atom stereocenters. The minimum Gasteiger partial charge on any atom is -0.360 e. The van der Waals surface area contributed by atoms with Gasteiger partial charge in [-0.2, -0.15) is 5.10 Å². The van der Waals surface area contributed by atoms with Crippen LogP contribution in [0.25, 0.3) is 11.4 Å². The Labute approximate surface area is 206 Å². The van der Waals surface area contributed by atoms with E-state index in [4.69, 9.17) is 4.52 Å². The number of carbonyl (C=O) groups excluding carboxylic acids is 1. The van der Waals surface area contributed by atoms with Crippen molar-refractivity contribution >= 4 is 31.7 Å². The number of halogens is 1. The van der Waals surface area contributed by atoms with Gasteiger partial charge >= 0.3 is 0 Å². The van der Waals surface area contributed by atoms with Crippen LogP contribution in [0.3, 0.4) is 0 Å². The van der Waals surface area contributed by atoms with Gasteiger partial charge in [-0.1, -0.05) is 33.2 Å². The van der Waals surface area contributed by atoms with Crippen LogP contribution in [0.15, 0.2) is 39.3 Å². The van der Waals surface area contributed by atoms with E-state index >= 15 is 0 Å². The zero-order valence-corrected chi connectivity index (χ0v) is 21.2. The SMILES string of the molecule is Cn1nc(-c2cc(Cc3ccc(Br)cc3)on2)c2c1C(=O)N(CC1(S(=O)(=O)C3CC3)CC1)CC2. The van der Waals surface area contributed by atoms with E-state index in [2.05, 4.69) is 26.2 Å². The van der Waals surface area contributed by atoms with Crippen LogP contribution < -0.4 is 0 Å². The molecule has 3 aliphatic rings. The summed E-state index contributed by atoms with van der Waals surface area (Å²) in [5.74, 6) is 0.569. The van der Waals surface area contributed by atoms with Gasteiger partial charge in [0.2, 0.25) is 0 Å². The minimum absolute atomic E-state index is 0.154. The van der Waals surface area contributed by atoms with Crippen molar-refractivity contribution in [3.63, 3.8) is 0 Å². The van der Waals surface area contributed by atoms with Crippen LogP contribution in [0.1, 0.15) is 53.1 Å². The molecule has 2 fully saturated rings. The molecule has 0 bridgehead atoms. The van der Waals surface area contributed by atoms with E-state index in [0.717, 1.165) is 34.2 Å². The molecule has 8 nitrogen and oxygen atoms in total. The lowest BCUT2D eigenvalue weighted by atomic mass is 10.0. The van der Waals surface area contributed by atoms with Gasteiger partial charge < -0.3 is 9.42 Å². The maximum atomic E-state index is 13.4. The summed E-state index contributed by atoms with van der Waals surface area (Å²) in [7, 11) is -1.42. The molecule has 34 heavy (non-hydrogen) atoms. The molecule has 0 N–H and O–H groups in total. The monoisotopic (exact) mass is 544 g/mol. The molecular weight excluding hydrogens is 520 g/mol. The number of aromatic nitrogens is 3. The van der Waals surface area contributed by atoms with Gasteiger partial charge in [-0.3, -0.25) is 9.48 Å². The van der Waals surface area contributed by atoms with Crippen molar-refractivity contribution in [2.45, 2.75) is 48.5 Å². The largest absolute Gasteiger partial charge is 0.360 e. The number of amides is 1. The number of benzene rings is 1. The van der Waals surface area contributed by atoms with Crippen molar-refractivity contribution in [2.24, 2.45) is 7.05 Å². The number of rotatable bonds is 7. The van der Waals surface area contributed by atoms with Gasteiger partial charge in [0.15, 0.2) is 9.84 Å². The van der Waals surface area contributed by atoms with E-state index in [-0.39, 0.29) is 17.7 Å². The second-order valence-corrected chi connectivity index (χ2v) is 13.2. The van der Waals surface area contributed by atoms with Crippen molar-refractivity contribution in [2.75, 3.05) is 13.1 Å². The lowest BCUT2D eigenvalue weighted by molar-refractivity contribution is 0.0724. The zero-order chi connectivity index (χ0) is 23.7. The molecule has 1 aliphatic heterocycles. The highest BCUT2D eigenvalue weighted by Crippen LogP contribution is 2.51. The lowest BCUT2D eigenvalue weighted by Crippen LogP contribution is -2.46. The quantitative estimate of drug-likeness (QED) is 0.451. The predicted molar refractivity (Wildman–Crippen MR) is 129 cm³/mol. The van der Waals surface area contributed by atoms with Crippen molar-refractivity contribution in [3.05, 3.63) is 57.4 Å². The molecule has 0 spiro atoms. The summed E-state index contributed by atoms with van der Waals surface area (Å²) in [6, 6.07) is 9.90. The summed E-state index contributed by atoms with van der Waals surface area (Å²) in [5, 5.41) is 8.63. The third-order valence-corrected chi connectivity index (χ3v) is 10.8. The summed E-state index contributed by atoms with van der Waals surface area (Å²) in [6.07, 6.45) is 4.04. The van der Waals surface area contributed by atoms with Gasteiger partial charge in [-0.15, -0.1) is 0 Å². The molecule has 3 heterocycles. The zero-order valence-electron chi connectivity index (χ0n) is 18.8. The van der Waals surface area contributed by atoms with Gasteiger partial charge in [0.1, 0.15) is 22.8 Å². The van der Waals surface area contributed by atoms with Crippen molar-refractivity contribution in [3.8, 4) is 11.4 Å². The number of hydrogen-bond donors (Lipinski definition) is 0. The molecule has 2 aliphatic carbocycles.